The van der Waals surface area contributed by atoms with Gasteiger partial charge in [0.05, 0.1) is 0 Å². The molecule has 132 valence electrons. The lowest BCUT2D eigenvalue weighted by Crippen LogP contribution is -2.07. The van der Waals surface area contributed by atoms with Crippen molar-refractivity contribution in [2.75, 3.05) is 6.61 Å². The third-order valence-electron chi connectivity index (χ3n) is 4.16. The Morgan fingerprint density at radius 3 is 2.52 bits per heavy atom. The zero-order valence-electron chi connectivity index (χ0n) is 15.0. The molecule has 0 saturated heterocycles. The molecule has 3 nitrogen and oxygen atoms in total. The molecule has 0 spiro atoms. The van der Waals surface area contributed by atoms with Gasteiger partial charge in [0.2, 0.25) is 0 Å². The minimum atomic E-state index is 0.0755. The van der Waals surface area contributed by atoms with Crippen LogP contribution in [0.3, 0.4) is 0 Å². The fourth-order valence-corrected chi connectivity index (χ4v) is 2.41. The summed E-state index contributed by atoms with van der Waals surface area (Å²) in [7, 11) is 0. The molecule has 0 saturated carbocycles. The first-order valence-electron chi connectivity index (χ1n) is 8.64. The fourth-order valence-electron chi connectivity index (χ4n) is 2.41. The van der Waals surface area contributed by atoms with Crippen molar-refractivity contribution >= 4 is 5.78 Å². The Kier molecular flexibility index (Phi) is 7.27. The average Bonchev–Trinajstić information content (AvgIpc) is 2.64. The molecule has 0 N–H and O–H groups in total. The van der Waals surface area contributed by atoms with Gasteiger partial charge in [0.25, 0.3) is 0 Å². The first kappa shape index (κ1) is 18.8. The summed E-state index contributed by atoms with van der Waals surface area (Å²) in [6, 6.07) is 16.0. The van der Waals surface area contributed by atoms with Gasteiger partial charge in [-0.1, -0.05) is 56.0 Å². The SMILES string of the molecule is C=CCOc1cc(CC[C@H](C)C(C)=O)ccc1OCc1ccccc1. The second-order valence-corrected chi connectivity index (χ2v) is 6.21. The van der Waals surface area contributed by atoms with Crippen LogP contribution in [0.1, 0.15) is 31.4 Å². The molecule has 0 aliphatic heterocycles. The van der Waals surface area contributed by atoms with Crippen LogP contribution in [0.15, 0.2) is 61.2 Å². The van der Waals surface area contributed by atoms with Gasteiger partial charge < -0.3 is 9.47 Å². The Labute approximate surface area is 150 Å². The Hall–Kier alpha value is -2.55. The van der Waals surface area contributed by atoms with Crippen LogP contribution < -0.4 is 9.47 Å². The van der Waals surface area contributed by atoms with Crippen molar-refractivity contribution in [1.82, 2.24) is 0 Å². The van der Waals surface area contributed by atoms with E-state index in [4.69, 9.17) is 9.47 Å². The van der Waals surface area contributed by atoms with Crippen LogP contribution in [0.5, 0.6) is 11.5 Å². The van der Waals surface area contributed by atoms with E-state index in [9.17, 15) is 4.79 Å². The molecule has 0 fully saturated rings. The zero-order chi connectivity index (χ0) is 18.1. The van der Waals surface area contributed by atoms with E-state index >= 15 is 0 Å². The summed E-state index contributed by atoms with van der Waals surface area (Å²) in [5.74, 6) is 1.73. The highest BCUT2D eigenvalue weighted by atomic mass is 16.5. The maximum Gasteiger partial charge on any atom is 0.161 e. The highest BCUT2D eigenvalue weighted by Gasteiger charge is 2.11. The lowest BCUT2D eigenvalue weighted by molar-refractivity contribution is -0.120. The Morgan fingerprint density at radius 2 is 1.84 bits per heavy atom. The molecule has 25 heavy (non-hydrogen) atoms. The van der Waals surface area contributed by atoms with Crippen LogP contribution in [0.2, 0.25) is 0 Å². The van der Waals surface area contributed by atoms with Gasteiger partial charge in [0.1, 0.15) is 19.0 Å². The number of Topliss-reactive ketones (excluding diaryl/α,β-unsaturated/α-hetero) is 1. The van der Waals surface area contributed by atoms with Crippen LogP contribution in [0.25, 0.3) is 0 Å². The standard InChI is InChI=1S/C22H26O3/c1-4-14-24-22-15-19(11-10-17(2)18(3)23)12-13-21(22)25-16-20-8-6-5-7-9-20/h4-9,12-13,15,17H,1,10-11,14,16H2,2-3H3/t17-/m0/s1. The molecule has 0 amide bonds. The number of hydrogen-bond acceptors (Lipinski definition) is 3. The number of hydrogen-bond donors (Lipinski definition) is 0. The van der Waals surface area contributed by atoms with Crippen molar-refractivity contribution in [3.8, 4) is 11.5 Å². The van der Waals surface area contributed by atoms with Crippen LogP contribution in [0.4, 0.5) is 0 Å². The van der Waals surface area contributed by atoms with Crippen molar-refractivity contribution in [2.24, 2.45) is 5.92 Å². The number of aryl methyl sites for hydroxylation is 1. The van der Waals surface area contributed by atoms with Gasteiger partial charge in [0, 0.05) is 5.92 Å². The summed E-state index contributed by atoms with van der Waals surface area (Å²) in [6.07, 6.45) is 3.39. The first-order chi connectivity index (χ1) is 12.1. The smallest absolute Gasteiger partial charge is 0.161 e. The number of ketones is 1. The maximum absolute atomic E-state index is 11.4. The molecule has 3 heteroatoms. The molecule has 2 rings (SSSR count). The van der Waals surface area contributed by atoms with Crippen LogP contribution >= 0.6 is 0 Å². The molecule has 2 aromatic rings. The average molecular weight is 338 g/mol. The molecule has 0 radical (unpaired) electrons. The van der Waals surface area contributed by atoms with Crippen molar-refractivity contribution in [3.05, 3.63) is 72.3 Å². The van der Waals surface area contributed by atoms with Crippen LogP contribution in [-0.2, 0) is 17.8 Å². The maximum atomic E-state index is 11.4. The Morgan fingerprint density at radius 1 is 1.08 bits per heavy atom. The van der Waals surface area contributed by atoms with E-state index in [-0.39, 0.29) is 11.7 Å². The molecule has 1 atom stereocenters. The molecular formula is C22H26O3. The quantitative estimate of drug-likeness (QED) is 0.573. The second-order valence-electron chi connectivity index (χ2n) is 6.21. The summed E-state index contributed by atoms with van der Waals surface area (Å²) in [6.45, 7) is 8.22. The van der Waals surface area contributed by atoms with Crippen molar-refractivity contribution in [3.63, 3.8) is 0 Å². The normalized spacial score (nSPS) is 11.6. The molecule has 0 aliphatic rings. The number of carbonyl (C=O) groups excluding carboxylic acids is 1. The fraction of sp³-hybridized carbons (Fsp3) is 0.318. The molecule has 2 aromatic carbocycles. The van der Waals surface area contributed by atoms with E-state index in [1.54, 1.807) is 13.0 Å². The summed E-state index contributed by atoms with van der Waals surface area (Å²) in [4.78, 5) is 11.4. The highest BCUT2D eigenvalue weighted by molar-refractivity contribution is 5.77. The Bertz CT molecular complexity index is 692. The van der Waals surface area contributed by atoms with Gasteiger partial charge in [0.15, 0.2) is 11.5 Å². The topological polar surface area (TPSA) is 35.5 Å². The number of rotatable bonds is 10. The van der Waals surface area contributed by atoms with Gasteiger partial charge in [-0.2, -0.15) is 0 Å². The van der Waals surface area contributed by atoms with E-state index < -0.39 is 0 Å². The van der Waals surface area contributed by atoms with Gasteiger partial charge in [-0.05, 0) is 43.0 Å². The minimum Gasteiger partial charge on any atom is -0.486 e. The van der Waals surface area contributed by atoms with Gasteiger partial charge in [-0.25, -0.2) is 0 Å². The van der Waals surface area contributed by atoms with Crippen molar-refractivity contribution in [2.45, 2.75) is 33.3 Å². The molecular weight excluding hydrogens is 312 g/mol. The predicted molar refractivity (Wildman–Crippen MR) is 101 cm³/mol. The Balaban J connectivity index is 2.07. The summed E-state index contributed by atoms with van der Waals surface area (Å²) < 4.78 is 11.7. The lowest BCUT2D eigenvalue weighted by atomic mass is 9.98. The van der Waals surface area contributed by atoms with E-state index in [1.165, 1.54) is 0 Å². The van der Waals surface area contributed by atoms with E-state index in [1.807, 2.05) is 55.5 Å². The molecule has 0 aromatic heterocycles. The first-order valence-corrected chi connectivity index (χ1v) is 8.64. The minimum absolute atomic E-state index is 0.0755. The van der Waals surface area contributed by atoms with Gasteiger partial charge >= 0.3 is 0 Å². The van der Waals surface area contributed by atoms with E-state index in [0.717, 1.165) is 24.0 Å². The number of carbonyl (C=O) groups is 1. The molecule has 0 unspecified atom stereocenters. The van der Waals surface area contributed by atoms with Gasteiger partial charge in [-0.15, -0.1) is 0 Å². The summed E-state index contributed by atoms with van der Waals surface area (Å²) in [5.41, 5.74) is 2.25. The van der Waals surface area contributed by atoms with E-state index in [2.05, 4.69) is 6.58 Å². The predicted octanol–water partition coefficient (Wildman–Crippen LogP) is 4.99. The lowest BCUT2D eigenvalue weighted by Gasteiger charge is -2.14. The van der Waals surface area contributed by atoms with E-state index in [0.29, 0.717) is 24.7 Å². The molecule has 0 heterocycles. The third-order valence-corrected chi connectivity index (χ3v) is 4.16. The zero-order valence-corrected chi connectivity index (χ0v) is 15.0. The summed E-state index contributed by atoms with van der Waals surface area (Å²) >= 11 is 0. The highest BCUT2D eigenvalue weighted by Crippen LogP contribution is 2.30. The molecule has 0 aliphatic carbocycles. The van der Waals surface area contributed by atoms with Crippen molar-refractivity contribution < 1.29 is 14.3 Å². The van der Waals surface area contributed by atoms with Crippen LogP contribution in [0, 0.1) is 5.92 Å². The monoisotopic (exact) mass is 338 g/mol. The number of ether oxygens (including phenoxy) is 2. The molecule has 0 bridgehead atoms. The summed E-state index contributed by atoms with van der Waals surface area (Å²) in [5, 5.41) is 0. The largest absolute Gasteiger partial charge is 0.486 e. The van der Waals surface area contributed by atoms with Crippen LogP contribution in [-0.4, -0.2) is 12.4 Å². The third kappa shape index (κ3) is 6.11. The van der Waals surface area contributed by atoms with Crippen molar-refractivity contribution in [1.29, 1.82) is 0 Å². The van der Waals surface area contributed by atoms with Gasteiger partial charge in [-0.3, -0.25) is 4.79 Å². The second kappa shape index (κ2) is 9.67. The number of benzene rings is 2.